The zero-order valence-corrected chi connectivity index (χ0v) is 17.1. The van der Waals surface area contributed by atoms with Gasteiger partial charge in [-0.3, -0.25) is 19.3 Å². The van der Waals surface area contributed by atoms with Gasteiger partial charge in [0, 0.05) is 17.2 Å². The van der Waals surface area contributed by atoms with Gasteiger partial charge >= 0.3 is 11.9 Å². The molecule has 0 spiro atoms. The zero-order valence-electron chi connectivity index (χ0n) is 17.1. The smallest absolute Gasteiger partial charge is 0.326 e. The van der Waals surface area contributed by atoms with E-state index in [-0.39, 0.29) is 30.8 Å². The Morgan fingerprint density at radius 3 is 2.24 bits per heavy atom. The number of benzene rings is 2. The molecule has 0 N–H and O–H groups in total. The second-order valence-corrected chi connectivity index (χ2v) is 7.96. The summed E-state index contributed by atoms with van der Waals surface area (Å²) in [6, 6.07) is 14.5. The highest BCUT2D eigenvalue weighted by molar-refractivity contribution is 6.11. The van der Waals surface area contributed by atoms with Gasteiger partial charge in [-0.25, -0.2) is 0 Å². The summed E-state index contributed by atoms with van der Waals surface area (Å²) in [5.74, 6) is -1.52. The Kier molecular flexibility index (Phi) is 5.73. The van der Waals surface area contributed by atoms with E-state index >= 15 is 0 Å². The molecule has 0 saturated heterocycles. The molecule has 1 aliphatic rings. The van der Waals surface area contributed by atoms with Crippen LogP contribution in [0.4, 0.5) is 5.69 Å². The van der Waals surface area contributed by atoms with Crippen LogP contribution in [0, 0.1) is 0 Å². The lowest BCUT2D eigenvalue weighted by Crippen LogP contribution is -2.39. The second-order valence-electron chi connectivity index (χ2n) is 7.96. The van der Waals surface area contributed by atoms with E-state index in [0.717, 1.165) is 11.1 Å². The number of carbonyl (C=O) groups is 3. The molecule has 0 fully saturated rings. The van der Waals surface area contributed by atoms with Gasteiger partial charge in [0.15, 0.2) is 0 Å². The number of nitrogens with zero attached hydrogens (tertiary/aromatic N) is 1. The molecule has 1 unspecified atom stereocenters. The van der Waals surface area contributed by atoms with E-state index in [4.69, 9.17) is 9.47 Å². The number of amides is 1. The van der Waals surface area contributed by atoms with Crippen molar-refractivity contribution in [1.82, 2.24) is 0 Å². The van der Waals surface area contributed by atoms with Crippen LogP contribution in [-0.2, 0) is 19.1 Å². The predicted octanol–water partition coefficient (Wildman–Crippen LogP) is 3.68. The minimum Gasteiger partial charge on any atom is -0.469 e. The van der Waals surface area contributed by atoms with Crippen LogP contribution in [0.1, 0.15) is 54.6 Å². The highest BCUT2D eigenvalue weighted by Gasteiger charge is 2.35. The Labute approximate surface area is 170 Å². The van der Waals surface area contributed by atoms with Crippen molar-refractivity contribution < 1.29 is 23.9 Å². The van der Waals surface area contributed by atoms with Crippen LogP contribution in [0.5, 0.6) is 0 Å². The molecule has 6 heteroatoms. The van der Waals surface area contributed by atoms with Gasteiger partial charge in [-0.05, 0) is 44.0 Å². The molecule has 6 nitrogen and oxygen atoms in total. The quantitative estimate of drug-likeness (QED) is 0.739. The average molecular weight is 395 g/mol. The largest absolute Gasteiger partial charge is 0.469 e. The highest BCUT2D eigenvalue weighted by Crippen LogP contribution is 2.40. The lowest BCUT2D eigenvalue weighted by atomic mass is 9.86. The summed E-state index contributed by atoms with van der Waals surface area (Å²) >= 11 is 0. The Morgan fingerprint density at radius 1 is 0.966 bits per heavy atom. The summed E-state index contributed by atoms with van der Waals surface area (Å²) in [6.45, 7) is 5.13. The predicted molar refractivity (Wildman–Crippen MR) is 109 cm³/mol. The topological polar surface area (TPSA) is 72.9 Å². The van der Waals surface area contributed by atoms with Crippen molar-refractivity contribution in [3.63, 3.8) is 0 Å². The van der Waals surface area contributed by atoms with Crippen molar-refractivity contribution in [1.29, 1.82) is 0 Å². The van der Waals surface area contributed by atoms with Gasteiger partial charge in [0.2, 0.25) is 0 Å². The number of methoxy groups -OCH3 is 1. The molecule has 0 aromatic heterocycles. The van der Waals surface area contributed by atoms with E-state index in [1.165, 1.54) is 12.0 Å². The Morgan fingerprint density at radius 2 is 1.59 bits per heavy atom. The first-order valence-electron chi connectivity index (χ1n) is 9.49. The summed E-state index contributed by atoms with van der Waals surface area (Å²) in [6.07, 6.45) is 0.0953. The summed E-state index contributed by atoms with van der Waals surface area (Å²) in [7, 11) is 1.34. The van der Waals surface area contributed by atoms with Crippen molar-refractivity contribution in [3.8, 4) is 0 Å². The van der Waals surface area contributed by atoms with Gasteiger partial charge in [0.05, 0.1) is 13.5 Å². The summed E-state index contributed by atoms with van der Waals surface area (Å²) < 4.78 is 10.3. The minimum absolute atomic E-state index is 0.0953. The third-order valence-corrected chi connectivity index (χ3v) is 4.72. The molecule has 1 amide bonds. The molecule has 0 radical (unpaired) electrons. The van der Waals surface area contributed by atoms with Crippen LogP contribution in [0.25, 0.3) is 0 Å². The Hall–Kier alpha value is -3.15. The molecule has 152 valence electrons. The first-order chi connectivity index (χ1) is 13.7. The zero-order chi connectivity index (χ0) is 21.2. The third-order valence-electron chi connectivity index (χ3n) is 4.72. The van der Waals surface area contributed by atoms with Crippen molar-refractivity contribution in [2.45, 2.75) is 38.7 Å². The normalized spacial score (nSPS) is 15.8. The molecule has 2 aromatic carbocycles. The number of hydrogen-bond donors (Lipinski definition) is 0. The van der Waals surface area contributed by atoms with Crippen LogP contribution < -0.4 is 4.90 Å². The Bertz CT molecular complexity index is 944. The van der Waals surface area contributed by atoms with Crippen LogP contribution in [0.15, 0.2) is 48.5 Å². The average Bonchev–Trinajstić information content (AvgIpc) is 2.76. The van der Waals surface area contributed by atoms with Gasteiger partial charge in [-0.1, -0.05) is 36.4 Å². The molecule has 2 aromatic rings. The number of para-hydroxylation sites is 1. The van der Waals surface area contributed by atoms with Crippen LogP contribution >= 0.6 is 0 Å². The molecule has 1 atom stereocenters. The number of rotatable bonds is 4. The molecular formula is C23H25NO5. The first-order valence-corrected chi connectivity index (χ1v) is 9.49. The number of carbonyl (C=O) groups excluding carboxylic acids is 3. The van der Waals surface area contributed by atoms with Gasteiger partial charge < -0.3 is 9.47 Å². The molecule has 0 bridgehead atoms. The van der Waals surface area contributed by atoms with E-state index in [1.54, 1.807) is 45.0 Å². The maximum atomic E-state index is 13.4. The van der Waals surface area contributed by atoms with E-state index in [0.29, 0.717) is 11.3 Å². The maximum Gasteiger partial charge on any atom is 0.326 e. The lowest BCUT2D eigenvalue weighted by Gasteiger charge is -2.26. The number of esters is 2. The fourth-order valence-electron chi connectivity index (χ4n) is 3.58. The standard InChI is InChI=1S/C23H25NO5/c1-23(2,3)29-21(26)14-24-19-12-8-7-10-16(19)18(13-20(25)28-4)15-9-5-6-11-17(15)22(24)27/h5-12,18H,13-14H2,1-4H3. The van der Waals surface area contributed by atoms with Crippen molar-refractivity contribution in [2.24, 2.45) is 0 Å². The van der Waals surface area contributed by atoms with Crippen molar-refractivity contribution >= 4 is 23.5 Å². The van der Waals surface area contributed by atoms with Crippen LogP contribution in [0.2, 0.25) is 0 Å². The summed E-state index contributed by atoms with van der Waals surface area (Å²) in [5, 5.41) is 0. The second kappa shape index (κ2) is 8.07. The fourth-order valence-corrected chi connectivity index (χ4v) is 3.58. The third kappa shape index (κ3) is 4.47. The lowest BCUT2D eigenvalue weighted by molar-refractivity contribution is -0.153. The molecule has 3 rings (SSSR count). The van der Waals surface area contributed by atoms with E-state index in [1.807, 2.05) is 24.3 Å². The number of hydrogen-bond acceptors (Lipinski definition) is 5. The molecule has 29 heavy (non-hydrogen) atoms. The highest BCUT2D eigenvalue weighted by atomic mass is 16.6. The molecule has 0 saturated carbocycles. The number of ether oxygens (including phenoxy) is 2. The number of fused-ring (bicyclic) bond motifs is 2. The molecule has 1 aliphatic heterocycles. The fraction of sp³-hybridized carbons (Fsp3) is 0.348. The van der Waals surface area contributed by atoms with Gasteiger partial charge in [-0.15, -0.1) is 0 Å². The Balaban J connectivity index is 2.11. The van der Waals surface area contributed by atoms with E-state index in [9.17, 15) is 14.4 Å². The monoisotopic (exact) mass is 395 g/mol. The van der Waals surface area contributed by atoms with Crippen molar-refractivity contribution in [2.75, 3.05) is 18.6 Å². The van der Waals surface area contributed by atoms with Crippen LogP contribution in [0.3, 0.4) is 0 Å². The van der Waals surface area contributed by atoms with E-state index in [2.05, 4.69) is 0 Å². The van der Waals surface area contributed by atoms with Gasteiger partial charge in [-0.2, -0.15) is 0 Å². The molecule has 1 heterocycles. The van der Waals surface area contributed by atoms with Crippen molar-refractivity contribution in [3.05, 3.63) is 65.2 Å². The SMILES string of the molecule is COC(=O)CC1c2ccccc2C(=O)N(CC(=O)OC(C)(C)C)c2ccccc21. The maximum absolute atomic E-state index is 13.4. The van der Waals surface area contributed by atoms with Gasteiger partial charge in [0.25, 0.3) is 5.91 Å². The summed E-state index contributed by atoms with van der Waals surface area (Å²) in [4.78, 5) is 39.5. The molecule has 0 aliphatic carbocycles. The van der Waals surface area contributed by atoms with Gasteiger partial charge in [0.1, 0.15) is 12.1 Å². The first kappa shape index (κ1) is 20.6. The summed E-state index contributed by atoms with van der Waals surface area (Å²) in [5.41, 5.74) is 1.92. The van der Waals surface area contributed by atoms with E-state index < -0.39 is 11.6 Å². The minimum atomic E-state index is -0.656. The molecular weight excluding hydrogens is 370 g/mol. The number of anilines is 1. The van der Waals surface area contributed by atoms with Crippen LogP contribution in [-0.4, -0.2) is 37.1 Å².